The highest BCUT2D eigenvalue weighted by molar-refractivity contribution is 5.98. The molecule has 0 unspecified atom stereocenters. The van der Waals surface area contributed by atoms with Gasteiger partial charge in [0.05, 0.1) is 12.6 Å². The molecule has 6 nitrogen and oxygen atoms in total. The van der Waals surface area contributed by atoms with Gasteiger partial charge in [-0.2, -0.15) is 0 Å². The maximum atomic E-state index is 13.0. The van der Waals surface area contributed by atoms with E-state index in [1.54, 1.807) is 6.07 Å². The van der Waals surface area contributed by atoms with E-state index in [1.165, 1.54) is 11.1 Å². The van der Waals surface area contributed by atoms with Crippen LogP contribution in [0.5, 0.6) is 11.5 Å². The van der Waals surface area contributed by atoms with Crippen LogP contribution in [0, 0.1) is 19.8 Å². The molecule has 2 aromatic carbocycles. The van der Waals surface area contributed by atoms with Crippen LogP contribution < -0.4 is 14.8 Å². The highest BCUT2D eigenvalue weighted by Gasteiger charge is 2.28. The first-order valence-corrected chi connectivity index (χ1v) is 11.4. The van der Waals surface area contributed by atoms with Gasteiger partial charge in [-0.25, -0.2) is 0 Å². The largest absolute Gasteiger partial charge is 0.486 e. The van der Waals surface area contributed by atoms with Crippen molar-refractivity contribution >= 4 is 11.7 Å². The molecule has 0 radical (unpaired) electrons. The van der Waals surface area contributed by atoms with Gasteiger partial charge in [0.2, 0.25) is 5.91 Å². The lowest BCUT2D eigenvalue weighted by atomic mass is 9.88. The van der Waals surface area contributed by atoms with Crippen molar-refractivity contribution < 1.29 is 19.1 Å². The summed E-state index contributed by atoms with van der Waals surface area (Å²) in [6.45, 7) is 9.08. The number of fused-ring (bicyclic) bond motifs is 1. The van der Waals surface area contributed by atoms with E-state index in [1.807, 2.05) is 19.1 Å². The Balaban J connectivity index is 1.26. The number of nitrogens with zero attached hydrogens (tertiary/aromatic N) is 1. The van der Waals surface area contributed by atoms with Crippen LogP contribution in [-0.4, -0.2) is 49.4 Å². The molecule has 0 spiro atoms. The molecule has 170 valence electrons. The molecule has 1 fully saturated rings. The lowest BCUT2D eigenvalue weighted by Crippen LogP contribution is -2.43. The first-order valence-electron chi connectivity index (χ1n) is 11.4. The van der Waals surface area contributed by atoms with Gasteiger partial charge < -0.3 is 14.8 Å². The number of benzene rings is 2. The Labute approximate surface area is 189 Å². The molecule has 0 aliphatic carbocycles. The number of likely N-dealkylation sites (tertiary alicyclic amines) is 1. The molecule has 1 atom stereocenters. The second kappa shape index (κ2) is 9.74. The van der Waals surface area contributed by atoms with Gasteiger partial charge in [-0.15, -0.1) is 0 Å². The number of carbonyl (C=O) groups excluding carboxylic acids is 2. The van der Waals surface area contributed by atoms with Gasteiger partial charge in [0.25, 0.3) is 0 Å². The molecule has 2 aliphatic heterocycles. The van der Waals surface area contributed by atoms with Gasteiger partial charge in [0.1, 0.15) is 13.2 Å². The van der Waals surface area contributed by atoms with Crippen molar-refractivity contribution in [1.29, 1.82) is 0 Å². The summed E-state index contributed by atoms with van der Waals surface area (Å²) in [5, 5.41) is 3.11. The molecular formula is C26H32N2O4. The van der Waals surface area contributed by atoms with E-state index in [2.05, 4.69) is 42.3 Å². The first-order chi connectivity index (χ1) is 15.4. The molecule has 2 aromatic rings. The number of carbonyl (C=O) groups is 2. The predicted molar refractivity (Wildman–Crippen MR) is 123 cm³/mol. The quantitative estimate of drug-likeness (QED) is 0.697. The fourth-order valence-electron chi connectivity index (χ4n) is 4.39. The van der Waals surface area contributed by atoms with Crippen LogP contribution in [0.1, 0.15) is 52.9 Å². The normalized spacial score (nSPS) is 17.6. The molecule has 32 heavy (non-hydrogen) atoms. The van der Waals surface area contributed by atoms with Crippen molar-refractivity contribution in [3.05, 3.63) is 58.7 Å². The van der Waals surface area contributed by atoms with Gasteiger partial charge in [-0.05, 0) is 81.6 Å². The lowest BCUT2D eigenvalue weighted by molar-refractivity contribution is -0.123. The second-order valence-corrected chi connectivity index (χ2v) is 8.91. The average Bonchev–Trinajstić information content (AvgIpc) is 2.80. The summed E-state index contributed by atoms with van der Waals surface area (Å²) in [5.41, 5.74) is 4.27. The standard InChI is InChI=1S/C26H32N2O4/c1-17-4-5-21(14-18(17)2)19(3)27-25(29)16-28-10-8-20(9-11-28)26(30)22-6-7-23-24(15-22)32-13-12-31-23/h4-7,14-15,19-20H,8-13,16H2,1-3H3,(H,27,29)/t19-/m0/s1. The number of amides is 1. The number of hydrogen-bond donors (Lipinski definition) is 1. The van der Waals surface area contributed by atoms with Gasteiger partial charge >= 0.3 is 0 Å². The Hall–Kier alpha value is -2.86. The summed E-state index contributed by atoms with van der Waals surface area (Å²) in [4.78, 5) is 27.7. The van der Waals surface area contributed by atoms with Crippen molar-refractivity contribution in [1.82, 2.24) is 10.2 Å². The highest BCUT2D eigenvalue weighted by Crippen LogP contribution is 2.32. The van der Waals surface area contributed by atoms with Crippen LogP contribution in [0.3, 0.4) is 0 Å². The summed E-state index contributed by atoms with van der Waals surface area (Å²) in [6.07, 6.45) is 1.51. The van der Waals surface area contributed by atoms with Gasteiger partial charge in [0.15, 0.2) is 17.3 Å². The van der Waals surface area contributed by atoms with E-state index < -0.39 is 0 Å². The van der Waals surface area contributed by atoms with Crippen LogP contribution in [0.4, 0.5) is 0 Å². The number of Topliss-reactive ketones (excluding diaryl/α,β-unsaturated/α-hetero) is 1. The lowest BCUT2D eigenvalue weighted by Gasteiger charge is -2.31. The van der Waals surface area contributed by atoms with Gasteiger partial charge in [-0.1, -0.05) is 18.2 Å². The number of piperidine rings is 1. The summed E-state index contributed by atoms with van der Waals surface area (Å²) >= 11 is 0. The van der Waals surface area contributed by atoms with Crippen molar-refractivity contribution in [3.8, 4) is 11.5 Å². The molecule has 2 aliphatic rings. The topological polar surface area (TPSA) is 67.9 Å². The van der Waals surface area contributed by atoms with E-state index in [-0.39, 0.29) is 23.7 Å². The van der Waals surface area contributed by atoms with Crippen molar-refractivity contribution in [3.63, 3.8) is 0 Å². The fraction of sp³-hybridized carbons (Fsp3) is 0.462. The first kappa shape index (κ1) is 22.3. The van der Waals surface area contributed by atoms with Crippen LogP contribution >= 0.6 is 0 Å². The van der Waals surface area contributed by atoms with E-state index in [0.29, 0.717) is 36.8 Å². The average molecular weight is 437 g/mol. The number of ether oxygens (including phenoxy) is 2. The summed E-state index contributed by atoms with van der Waals surface area (Å²) in [7, 11) is 0. The molecule has 2 heterocycles. The van der Waals surface area contributed by atoms with E-state index >= 15 is 0 Å². The van der Waals surface area contributed by atoms with Gasteiger partial charge in [0, 0.05) is 11.5 Å². The summed E-state index contributed by atoms with van der Waals surface area (Å²) in [6, 6.07) is 11.7. The van der Waals surface area contributed by atoms with Crippen LogP contribution in [0.2, 0.25) is 0 Å². The zero-order chi connectivity index (χ0) is 22.7. The molecular weight excluding hydrogens is 404 g/mol. The zero-order valence-corrected chi connectivity index (χ0v) is 19.1. The summed E-state index contributed by atoms with van der Waals surface area (Å²) < 4.78 is 11.1. The minimum absolute atomic E-state index is 0.0207. The molecule has 1 saturated heterocycles. The van der Waals surface area contributed by atoms with Crippen molar-refractivity contribution in [2.24, 2.45) is 5.92 Å². The maximum Gasteiger partial charge on any atom is 0.234 e. The van der Waals surface area contributed by atoms with Crippen LogP contribution in [-0.2, 0) is 4.79 Å². The minimum atomic E-state index is -0.0314. The van der Waals surface area contributed by atoms with Crippen molar-refractivity contribution in [2.75, 3.05) is 32.8 Å². The number of ketones is 1. The van der Waals surface area contributed by atoms with Gasteiger partial charge in [-0.3, -0.25) is 14.5 Å². The molecule has 4 rings (SSSR count). The Morgan fingerprint density at radius 2 is 1.72 bits per heavy atom. The molecule has 0 bridgehead atoms. The van der Waals surface area contributed by atoms with E-state index in [0.717, 1.165) is 31.5 Å². The van der Waals surface area contributed by atoms with Crippen molar-refractivity contribution in [2.45, 2.75) is 39.7 Å². The maximum absolute atomic E-state index is 13.0. The van der Waals surface area contributed by atoms with E-state index in [4.69, 9.17) is 9.47 Å². The molecule has 1 N–H and O–H groups in total. The monoisotopic (exact) mass is 436 g/mol. The minimum Gasteiger partial charge on any atom is -0.486 e. The Bertz CT molecular complexity index is 995. The number of nitrogens with one attached hydrogen (secondary N) is 1. The molecule has 6 heteroatoms. The number of aryl methyl sites for hydroxylation is 2. The third kappa shape index (κ3) is 5.13. The molecule has 0 saturated carbocycles. The SMILES string of the molecule is Cc1ccc([C@H](C)NC(=O)CN2CCC(C(=O)c3ccc4c(c3)OCCO4)CC2)cc1C. The zero-order valence-electron chi connectivity index (χ0n) is 19.1. The molecule has 0 aromatic heterocycles. The Morgan fingerprint density at radius 3 is 2.44 bits per heavy atom. The fourth-order valence-corrected chi connectivity index (χ4v) is 4.39. The third-order valence-electron chi connectivity index (χ3n) is 6.56. The van der Waals surface area contributed by atoms with E-state index in [9.17, 15) is 9.59 Å². The Morgan fingerprint density at radius 1 is 1.00 bits per heavy atom. The highest BCUT2D eigenvalue weighted by atomic mass is 16.6. The number of hydrogen-bond acceptors (Lipinski definition) is 5. The predicted octanol–water partition coefficient (Wildman–Crippen LogP) is 3.85. The second-order valence-electron chi connectivity index (χ2n) is 8.91. The van der Waals surface area contributed by atoms with Crippen LogP contribution in [0.25, 0.3) is 0 Å². The smallest absolute Gasteiger partial charge is 0.234 e. The molecule has 1 amide bonds. The Kier molecular flexibility index (Phi) is 6.80. The number of rotatable bonds is 6. The summed E-state index contributed by atoms with van der Waals surface area (Å²) in [5.74, 6) is 1.49. The van der Waals surface area contributed by atoms with Crippen LogP contribution in [0.15, 0.2) is 36.4 Å². The third-order valence-corrected chi connectivity index (χ3v) is 6.56.